The molecule has 11 heavy (non-hydrogen) atoms. The van der Waals surface area contributed by atoms with Crippen molar-refractivity contribution in [1.29, 1.82) is 0 Å². The molecule has 0 spiro atoms. The number of rotatable bonds is 2. The second kappa shape index (κ2) is 3.46. The third-order valence-electron chi connectivity index (χ3n) is 1.38. The molecule has 1 aromatic rings. The summed E-state index contributed by atoms with van der Waals surface area (Å²) in [4.78, 5) is 0. The van der Waals surface area contributed by atoms with Crippen molar-refractivity contribution < 1.29 is 14.2 Å². The number of halogens is 1. The van der Waals surface area contributed by atoms with E-state index >= 15 is 0 Å². The van der Waals surface area contributed by atoms with Crippen LogP contribution in [0.1, 0.15) is 11.9 Å². The fraction of sp³-hybridized carbons (Fsp3) is 0.250. The lowest BCUT2D eigenvalue weighted by atomic mass is 10.2. The first-order chi connectivity index (χ1) is 5.24. The van der Waals surface area contributed by atoms with Gasteiger partial charge in [0.2, 0.25) is 0 Å². The van der Waals surface area contributed by atoms with Gasteiger partial charge in [-0.1, -0.05) is 12.1 Å². The van der Waals surface area contributed by atoms with Gasteiger partial charge in [0.1, 0.15) is 5.82 Å². The molecule has 0 saturated carbocycles. The molecule has 0 saturated heterocycles. The molecule has 0 bridgehead atoms. The van der Waals surface area contributed by atoms with Crippen molar-refractivity contribution in [2.75, 3.05) is 7.11 Å². The van der Waals surface area contributed by atoms with Crippen molar-refractivity contribution >= 4 is 0 Å². The van der Waals surface area contributed by atoms with E-state index in [-0.39, 0.29) is 5.82 Å². The maximum atomic E-state index is 12.3. The van der Waals surface area contributed by atoms with Crippen LogP contribution in [0.15, 0.2) is 24.3 Å². The Morgan fingerprint density at radius 1 is 1.36 bits per heavy atom. The van der Waals surface area contributed by atoms with Gasteiger partial charge in [-0.2, -0.15) is 0 Å². The van der Waals surface area contributed by atoms with Gasteiger partial charge in [0, 0.05) is 12.7 Å². The van der Waals surface area contributed by atoms with E-state index in [0.29, 0.717) is 5.56 Å². The molecule has 1 atom stereocenters. The van der Waals surface area contributed by atoms with Crippen LogP contribution < -0.4 is 0 Å². The highest BCUT2D eigenvalue weighted by Gasteiger charge is 2.03. The van der Waals surface area contributed by atoms with Crippen LogP contribution in [0.3, 0.4) is 0 Å². The minimum atomic E-state index is -0.962. The Hall–Kier alpha value is -0.930. The summed E-state index contributed by atoms with van der Waals surface area (Å²) in [7, 11) is 1.38. The number of hydrogen-bond donors (Lipinski definition) is 1. The Bertz CT molecular complexity index is 220. The van der Waals surface area contributed by atoms with Crippen LogP contribution in [0.25, 0.3) is 0 Å². The van der Waals surface area contributed by atoms with Crippen LogP contribution in [0, 0.1) is 5.82 Å². The number of ether oxygens (including phenoxy) is 1. The van der Waals surface area contributed by atoms with E-state index in [0.717, 1.165) is 0 Å². The summed E-state index contributed by atoms with van der Waals surface area (Å²) in [6.07, 6.45) is -0.962. The highest BCUT2D eigenvalue weighted by Crippen LogP contribution is 2.12. The first-order valence-electron chi connectivity index (χ1n) is 3.20. The van der Waals surface area contributed by atoms with Crippen LogP contribution in [-0.4, -0.2) is 12.2 Å². The maximum Gasteiger partial charge on any atom is 0.180 e. The zero-order valence-corrected chi connectivity index (χ0v) is 6.12. The predicted octanol–water partition coefficient (Wildman–Crippen LogP) is 1.46. The second-order valence-corrected chi connectivity index (χ2v) is 2.14. The van der Waals surface area contributed by atoms with Crippen LogP contribution >= 0.6 is 0 Å². The van der Waals surface area contributed by atoms with Gasteiger partial charge >= 0.3 is 0 Å². The average molecular weight is 156 g/mol. The van der Waals surface area contributed by atoms with Crippen LogP contribution in [-0.2, 0) is 4.74 Å². The normalized spacial score (nSPS) is 13.0. The van der Waals surface area contributed by atoms with Crippen molar-refractivity contribution in [2.45, 2.75) is 6.29 Å². The molecule has 0 aliphatic rings. The van der Waals surface area contributed by atoms with Crippen LogP contribution in [0.2, 0.25) is 0 Å². The fourth-order valence-electron chi connectivity index (χ4n) is 0.763. The summed E-state index contributed by atoms with van der Waals surface area (Å²) in [5.74, 6) is -0.322. The van der Waals surface area contributed by atoms with Crippen molar-refractivity contribution in [1.82, 2.24) is 0 Å². The van der Waals surface area contributed by atoms with Crippen molar-refractivity contribution in [3.63, 3.8) is 0 Å². The van der Waals surface area contributed by atoms with Gasteiger partial charge in [0.05, 0.1) is 0 Å². The maximum absolute atomic E-state index is 12.3. The molecule has 0 radical (unpaired) electrons. The van der Waals surface area contributed by atoms with E-state index in [4.69, 9.17) is 5.11 Å². The lowest BCUT2D eigenvalue weighted by Gasteiger charge is -2.07. The standard InChI is InChI=1S/C8H9FO2/c1-11-8(10)6-2-4-7(9)5-3-6/h2-5,8,10H,1H3. The number of hydrogen-bond acceptors (Lipinski definition) is 2. The summed E-state index contributed by atoms with van der Waals surface area (Å²) >= 11 is 0. The molecule has 0 aliphatic heterocycles. The van der Waals surface area contributed by atoms with Gasteiger partial charge in [0.25, 0.3) is 0 Å². The molecule has 1 unspecified atom stereocenters. The van der Waals surface area contributed by atoms with Crippen molar-refractivity contribution in [3.05, 3.63) is 35.6 Å². The summed E-state index contributed by atoms with van der Waals surface area (Å²) in [5.41, 5.74) is 0.550. The molecule has 60 valence electrons. The first-order valence-corrected chi connectivity index (χ1v) is 3.20. The highest BCUT2D eigenvalue weighted by atomic mass is 19.1. The smallest absolute Gasteiger partial charge is 0.180 e. The topological polar surface area (TPSA) is 29.5 Å². The molecule has 0 heterocycles. The number of aliphatic hydroxyl groups excluding tert-OH is 1. The lowest BCUT2D eigenvalue weighted by Crippen LogP contribution is -1.98. The Morgan fingerprint density at radius 3 is 2.36 bits per heavy atom. The second-order valence-electron chi connectivity index (χ2n) is 2.14. The van der Waals surface area contributed by atoms with E-state index in [1.165, 1.54) is 31.4 Å². The van der Waals surface area contributed by atoms with Crippen LogP contribution in [0.5, 0.6) is 0 Å². The third-order valence-corrected chi connectivity index (χ3v) is 1.38. The zero-order chi connectivity index (χ0) is 8.27. The fourth-order valence-corrected chi connectivity index (χ4v) is 0.763. The third kappa shape index (κ3) is 2.00. The highest BCUT2D eigenvalue weighted by molar-refractivity contribution is 5.16. The van der Waals surface area contributed by atoms with Gasteiger partial charge in [-0.15, -0.1) is 0 Å². The molecule has 2 nitrogen and oxygen atoms in total. The monoisotopic (exact) mass is 156 g/mol. The molecule has 1 aromatic carbocycles. The Balaban J connectivity index is 2.81. The first kappa shape index (κ1) is 8.17. The Kier molecular flexibility index (Phi) is 2.57. The summed E-state index contributed by atoms with van der Waals surface area (Å²) in [6.45, 7) is 0. The van der Waals surface area contributed by atoms with E-state index in [1.54, 1.807) is 0 Å². The Morgan fingerprint density at radius 2 is 1.91 bits per heavy atom. The van der Waals surface area contributed by atoms with Gasteiger partial charge in [0.15, 0.2) is 6.29 Å². The SMILES string of the molecule is COC(O)c1ccc(F)cc1. The molecule has 3 heteroatoms. The zero-order valence-electron chi connectivity index (χ0n) is 6.12. The predicted molar refractivity (Wildman–Crippen MR) is 38.4 cm³/mol. The molecule has 1 rings (SSSR count). The van der Waals surface area contributed by atoms with E-state index < -0.39 is 6.29 Å². The van der Waals surface area contributed by atoms with E-state index in [2.05, 4.69) is 4.74 Å². The quantitative estimate of drug-likeness (QED) is 0.657. The molecule has 0 fully saturated rings. The Labute approximate surface area is 64.2 Å². The van der Waals surface area contributed by atoms with Gasteiger partial charge in [-0.05, 0) is 12.1 Å². The molecule has 1 N–H and O–H groups in total. The molecular formula is C8H9FO2. The van der Waals surface area contributed by atoms with Crippen LogP contribution in [0.4, 0.5) is 4.39 Å². The van der Waals surface area contributed by atoms with Gasteiger partial charge in [-0.25, -0.2) is 4.39 Å². The summed E-state index contributed by atoms with van der Waals surface area (Å²) < 4.78 is 16.9. The minimum absolute atomic E-state index is 0.322. The van der Waals surface area contributed by atoms with Gasteiger partial charge < -0.3 is 9.84 Å². The number of methoxy groups -OCH3 is 1. The lowest BCUT2D eigenvalue weighted by molar-refractivity contribution is -0.0769. The minimum Gasteiger partial charge on any atom is -0.364 e. The van der Waals surface area contributed by atoms with E-state index in [1.807, 2.05) is 0 Å². The summed E-state index contributed by atoms with van der Waals surface area (Å²) in [5, 5.41) is 9.08. The number of benzene rings is 1. The van der Waals surface area contributed by atoms with Gasteiger partial charge in [-0.3, -0.25) is 0 Å². The molecule has 0 aromatic heterocycles. The largest absolute Gasteiger partial charge is 0.364 e. The van der Waals surface area contributed by atoms with Crippen molar-refractivity contribution in [2.24, 2.45) is 0 Å². The molecule has 0 aliphatic carbocycles. The van der Waals surface area contributed by atoms with E-state index in [9.17, 15) is 4.39 Å². The summed E-state index contributed by atoms with van der Waals surface area (Å²) in [6, 6.07) is 5.50. The number of aliphatic hydroxyl groups is 1. The molecule has 0 amide bonds. The van der Waals surface area contributed by atoms with Crippen molar-refractivity contribution in [3.8, 4) is 0 Å². The molecular weight excluding hydrogens is 147 g/mol. The average Bonchev–Trinajstić information content (AvgIpc) is 2.05.